The van der Waals surface area contributed by atoms with Crippen molar-refractivity contribution in [1.29, 1.82) is 0 Å². The van der Waals surface area contributed by atoms with E-state index in [4.69, 9.17) is 9.31 Å². The van der Waals surface area contributed by atoms with Crippen LogP contribution in [0.3, 0.4) is 0 Å². The Morgan fingerprint density at radius 3 is 2.37 bits per heavy atom. The molecular formula is C14H25BN2O2. The van der Waals surface area contributed by atoms with Crippen LogP contribution in [0.5, 0.6) is 0 Å². The largest absolute Gasteiger partial charge is 0.498 e. The van der Waals surface area contributed by atoms with Crippen LogP contribution in [0.15, 0.2) is 12.4 Å². The highest BCUT2D eigenvalue weighted by atomic mass is 16.7. The summed E-state index contributed by atoms with van der Waals surface area (Å²) in [5.41, 5.74) is 0.411. The summed E-state index contributed by atoms with van der Waals surface area (Å²) >= 11 is 0. The fourth-order valence-corrected chi connectivity index (χ4v) is 2.03. The van der Waals surface area contributed by atoms with Gasteiger partial charge in [-0.3, -0.25) is 4.68 Å². The molecule has 1 aromatic rings. The highest BCUT2D eigenvalue weighted by Crippen LogP contribution is 2.36. The predicted octanol–water partition coefficient (Wildman–Crippen LogP) is 2.23. The molecule has 2 heterocycles. The van der Waals surface area contributed by atoms with Gasteiger partial charge < -0.3 is 9.31 Å². The first-order valence-electron chi connectivity index (χ1n) is 7.13. The molecule has 0 N–H and O–H groups in total. The summed E-state index contributed by atoms with van der Waals surface area (Å²) in [7, 11) is -0.310. The Hall–Kier alpha value is -0.805. The lowest BCUT2D eigenvalue weighted by Crippen LogP contribution is -2.41. The molecule has 1 saturated heterocycles. The van der Waals surface area contributed by atoms with E-state index in [1.165, 1.54) is 0 Å². The molecular weight excluding hydrogens is 239 g/mol. The summed E-state index contributed by atoms with van der Waals surface area (Å²) in [6, 6.07) is 0. The Morgan fingerprint density at radius 1 is 1.26 bits per heavy atom. The zero-order chi connectivity index (χ0) is 14.3. The van der Waals surface area contributed by atoms with Gasteiger partial charge in [0.15, 0.2) is 0 Å². The Labute approximate surface area is 116 Å². The normalized spacial score (nSPS) is 22.7. The van der Waals surface area contributed by atoms with Crippen LogP contribution in [0, 0.1) is 5.92 Å². The molecule has 0 amide bonds. The quantitative estimate of drug-likeness (QED) is 0.782. The number of rotatable bonds is 4. The van der Waals surface area contributed by atoms with Gasteiger partial charge >= 0.3 is 7.12 Å². The van der Waals surface area contributed by atoms with E-state index in [2.05, 4.69) is 46.6 Å². The van der Waals surface area contributed by atoms with E-state index < -0.39 is 0 Å². The highest BCUT2D eigenvalue weighted by Gasteiger charge is 2.52. The molecule has 106 valence electrons. The molecule has 1 fully saturated rings. The van der Waals surface area contributed by atoms with Gasteiger partial charge in [-0.2, -0.15) is 5.10 Å². The van der Waals surface area contributed by atoms with Gasteiger partial charge in [0.25, 0.3) is 0 Å². The number of nitrogens with zero attached hydrogens (tertiary/aromatic N) is 2. The topological polar surface area (TPSA) is 36.3 Å². The average molecular weight is 264 g/mol. The Morgan fingerprint density at radius 2 is 1.84 bits per heavy atom. The predicted molar refractivity (Wildman–Crippen MR) is 77.4 cm³/mol. The third kappa shape index (κ3) is 2.87. The third-order valence-electron chi connectivity index (χ3n) is 4.37. The summed E-state index contributed by atoms with van der Waals surface area (Å²) < 4.78 is 14.0. The van der Waals surface area contributed by atoms with Crippen LogP contribution >= 0.6 is 0 Å². The smallest absolute Gasteiger partial charge is 0.399 e. The standard InChI is InChI=1S/C14H25BN2O2/c1-7-11(2)9-17-10-12(8-16-17)15-18-13(3,4)14(5,6)19-15/h8,10-11H,7,9H2,1-6H3. The molecule has 0 saturated carbocycles. The Bertz CT molecular complexity index is 426. The minimum atomic E-state index is -0.310. The van der Waals surface area contributed by atoms with Gasteiger partial charge in [0.1, 0.15) is 0 Å². The lowest BCUT2D eigenvalue weighted by molar-refractivity contribution is 0.00578. The van der Waals surface area contributed by atoms with Crippen molar-refractivity contribution < 1.29 is 9.31 Å². The first-order valence-corrected chi connectivity index (χ1v) is 7.13. The maximum Gasteiger partial charge on any atom is 0.498 e. The van der Waals surface area contributed by atoms with Crippen LogP contribution in [0.4, 0.5) is 0 Å². The molecule has 0 spiro atoms. The van der Waals surface area contributed by atoms with Crippen LogP contribution in [0.1, 0.15) is 48.0 Å². The molecule has 1 unspecified atom stereocenters. The second-order valence-electron chi connectivity index (χ2n) is 6.60. The van der Waals surface area contributed by atoms with E-state index in [-0.39, 0.29) is 18.3 Å². The Kier molecular flexibility index (Phi) is 3.80. The zero-order valence-electron chi connectivity index (χ0n) is 12.9. The van der Waals surface area contributed by atoms with Crippen LogP contribution in [0.25, 0.3) is 0 Å². The molecule has 2 rings (SSSR count). The number of aromatic nitrogens is 2. The molecule has 1 aliphatic heterocycles. The summed E-state index contributed by atoms with van der Waals surface area (Å²) in [6.07, 6.45) is 5.05. The maximum atomic E-state index is 6.02. The summed E-state index contributed by atoms with van der Waals surface area (Å²) in [4.78, 5) is 0. The molecule has 4 nitrogen and oxygen atoms in total. The van der Waals surface area contributed by atoms with Crippen molar-refractivity contribution in [1.82, 2.24) is 9.78 Å². The van der Waals surface area contributed by atoms with Gasteiger partial charge in [0, 0.05) is 24.4 Å². The van der Waals surface area contributed by atoms with Gasteiger partial charge in [-0.1, -0.05) is 20.3 Å². The monoisotopic (exact) mass is 264 g/mol. The van der Waals surface area contributed by atoms with Gasteiger partial charge in [-0.05, 0) is 33.6 Å². The average Bonchev–Trinajstić information content (AvgIpc) is 2.82. The van der Waals surface area contributed by atoms with Gasteiger partial charge in [-0.15, -0.1) is 0 Å². The van der Waals surface area contributed by atoms with Crippen molar-refractivity contribution in [2.24, 2.45) is 5.92 Å². The molecule has 1 atom stereocenters. The summed E-state index contributed by atoms with van der Waals surface area (Å²) in [6.45, 7) is 13.6. The molecule has 1 aliphatic rings. The fourth-order valence-electron chi connectivity index (χ4n) is 2.03. The molecule has 0 bridgehead atoms. The lowest BCUT2D eigenvalue weighted by Gasteiger charge is -2.32. The van der Waals surface area contributed by atoms with Crippen LogP contribution in [-0.4, -0.2) is 28.1 Å². The van der Waals surface area contributed by atoms with Crippen LogP contribution in [0.2, 0.25) is 0 Å². The van der Waals surface area contributed by atoms with Crippen molar-refractivity contribution in [3.05, 3.63) is 12.4 Å². The first-order chi connectivity index (χ1) is 8.75. The minimum absolute atomic E-state index is 0.295. The second-order valence-corrected chi connectivity index (χ2v) is 6.60. The molecule has 0 aromatic carbocycles. The summed E-state index contributed by atoms with van der Waals surface area (Å²) in [5.74, 6) is 0.631. The zero-order valence-corrected chi connectivity index (χ0v) is 12.9. The third-order valence-corrected chi connectivity index (χ3v) is 4.37. The van der Waals surface area contributed by atoms with Gasteiger partial charge in [0.05, 0.1) is 11.2 Å². The van der Waals surface area contributed by atoms with Crippen molar-refractivity contribution in [3.8, 4) is 0 Å². The van der Waals surface area contributed by atoms with Crippen molar-refractivity contribution in [3.63, 3.8) is 0 Å². The van der Waals surface area contributed by atoms with E-state index in [0.717, 1.165) is 18.4 Å². The maximum absolute atomic E-state index is 6.02. The van der Waals surface area contributed by atoms with Crippen molar-refractivity contribution >= 4 is 12.6 Å². The molecule has 19 heavy (non-hydrogen) atoms. The lowest BCUT2D eigenvalue weighted by atomic mass is 9.82. The van der Waals surface area contributed by atoms with E-state index in [1.54, 1.807) is 0 Å². The minimum Gasteiger partial charge on any atom is -0.399 e. The van der Waals surface area contributed by atoms with Crippen LogP contribution < -0.4 is 5.46 Å². The van der Waals surface area contributed by atoms with E-state index in [1.807, 2.05) is 17.1 Å². The molecule has 0 radical (unpaired) electrons. The number of hydrogen-bond donors (Lipinski definition) is 0. The highest BCUT2D eigenvalue weighted by molar-refractivity contribution is 6.61. The van der Waals surface area contributed by atoms with Gasteiger partial charge in [0.2, 0.25) is 0 Å². The Balaban J connectivity index is 2.08. The van der Waals surface area contributed by atoms with E-state index in [0.29, 0.717) is 5.92 Å². The second kappa shape index (κ2) is 4.95. The summed E-state index contributed by atoms with van der Waals surface area (Å²) in [5, 5.41) is 4.40. The van der Waals surface area contributed by atoms with E-state index in [9.17, 15) is 0 Å². The van der Waals surface area contributed by atoms with E-state index >= 15 is 0 Å². The SMILES string of the molecule is CCC(C)Cn1cc(B2OC(C)(C)C(C)(C)O2)cn1. The molecule has 0 aliphatic carbocycles. The van der Waals surface area contributed by atoms with Crippen molar-refractivity contribution in [2.75, 3.05) is 0 Å². The van der Waals surface area contributed by atoms with Crippen molar-refractivity contribution in [2.45, 2.75) is 65.7 Å². The number of hydrogen-bond acceptors (Lipinski definition) is 3. The molecule has 5 heteroatoms. The van der Waals surface area contributed by atoms with Gasteiger partial charge in [-0.25, -0.2) is 0 Å². The first kappa shape index (κ1) is 14.6. The molecule has 1 aromatic heterocycles. The van der Waals surface area contributed by atoms with Crippen LogP contribution in [-0.2, 0) is 15.9 Å². The fraction of sp³-hybridized carbons (Fsp3) is 0.786.